The molecule has 1 unspecified atom stereocenters. The number of hydrogen-bond acceptors (Lipinski definition) is 4. The summed E-state index contributed by atoms with van der Waals surface area (Å²) in [4.78, 5) is 38.7. The van der Waals surface area contributed by atoms with Crippen molar-refractivity contribution in [1.82, 2.24) is 10.2 Å². The van der Waals surface area contributed by atoms with Gasteiger partial charge in [-0.25, -0.2) is 4.79 Å². The van der Waals surface area contributed by atoms with E-state index in [2.05, 4.69) is 17.6 Å². The number of benzene rings is 2. The Balaban J connectivity index is 1.63. The summed E-state index contributed by atoms with van der Waals surface area (Å²) < 4.78 is 4.98. The molecule has 4 amide bonds. The van der Waals surface area contributed by atoms with Gasteiger partial charge in [0.2, 0.25) is 0 Å². The van der Waals surface area contributed by atoms with E-state index in [-0.39, 0.29) is 23.9 Å². The lowest BCUT2D eigenvalue weighted by molar-refractivity contribution is 0.0638. The van der Waals surface area contributed by atoms with Crippen LogP contribution >= 0.6 is 0 Å². The van der Waals surface area contributed by atoms with Crippen molar-refractivity contribution in [2.24, 2.45) is 0 Å². The fourth-order valence-electron chi connectivity index (χ4n) is 3.43. The van der Waals surface area contributed by atoms with E-state index in [0.29, 0.717) is 36.4 Å². The standard InChI is InChI=1S/C23H27N3O4/c1-4-16-6-8-17(9-7-16)15(2)24-23(29)25-18-10-11-19-20(14-18)22(28)26(21(19)27)12-5-13-30-3/h6-11,14-15H,4-5,12-13H2,1-3H3,(H2,24,25,29). The van der Waals surface area contributed by atoms with E-state index in [9.17, 15) is 14.4 Å². The molecule has 3 rings (SSSR count). The zero-order valence-corrected chi connectivity index (χ0v) is 17.5. The minimum Gasteiger partial charge on any atom is -0.385 e. The van der Waals surface area contributed by atoms with Crippen molar-refractivity contribution in [2.75, 3.05) is 25.6 Å². The van der Waals surface area contributed by atoms with Crippen LogP contribution in [0, 0.1) is 0 Å². The Kier molecular flexibility index (Phi) is 6.84. The summed E-state index contributed by atoms with van der Waals surface area (Å²) in [6.45, 7) is 4.78. The molecule has 0 bridgehead atoms. The fraction of sp³-hybridized carbons (Fsp3) is 0.348. The molecule has 0 radical (unpaired) electrons. The van der Waals surface area contributed by atoms with Crippen LogP contribution < -0.4 is 10.6 Å². The highest BCUT2D eigenvalue weighted by Gasteiger charge is 2.35. The lowest BCUT2D eigenvalue weighted by Crippen LogP contribution is -2.31. The Bertz CT molecular complexity index is 940. The molecule has 0 fully saturated rings. The van der Waals surface area contributed by atoms with E-state index in [1.807, 2.05) is 31.2 Å². The molecule has 1 atom stereocenters. The molecule has 158 valence electrons. The maximum absolute atomic E-state index is 12.6. The number of nitrogens with zero attached hydrogens (tertiary/aromatic N) is 1. The number of aryl methyl sites for hydroxylation is 1. The van der Waals surface area contributed by atoms with Crippen LogP contribution in [-0.2, 0) is 11.2 Å². The smallest absolute Gasteiger partial charge is 0.319 e. The second kappa shape index (κ2) is 9.54. The van der Waals surface area contributed by atoms with Crippen LogP contribution in [-0.4, -0.2) is 43.0 Å². The van der Waals surface area contributed by atoms with E-state index in [0.717, 1.165) is 12.0 Å². The number of carbonyl (C=O) groups excluding carboxylic acids is 3. The monoisotopic (exact) mass is 409 g/mol. The number of nitrogens with one attached hydrogen (secondary N) is 2. The van der Waals surface area contributed by atoms with Gasteiger partial charge in [-0.15, -0.1) is 0 Å². The Morgan fingerprint density at radius 3 is 2.43 bits per heavy atom. The molecule has 0 aromatic heterocycles. The molecular weight excluding hydrogens is 382 g/mol. The molecule has 2 N–H and O–H groups in total. The number of hydrogen-bond donors (Lipinski definition) is 2. The van der Waals surface area contributed by atoms with Crippen LogP contribution in [0.5, 0.6) is 0 Å². The largest absolute Gasteiger partial charge is 0.385 e. The molecule has 2 aromatic rings. The minimum atomic E-state index is -0.379. The molecule has 0 saturated carbocycles. The number of anilines is 1. The van der Waals surface area contributed by atoms with Gasteiger partial charge in [-0.05, 0) is 49.1 Å². The van der Waals surface area contributed by atoms with Crippen LogP contribution in [0.1, 0.15) is 58.2 Å². The topological polar surface area (TPSA) is 87.7 Å². The van der Waals surface area contributed by atoms with Gasteiger partial charge in [0, 0.05) is 25.9 Å². The Hall–Kier alpha value is -3.19. The van der Waals surface area contributed by atoms with Gasteiger partial charge in [-0.3, -0.25) is 14.5 Å². The molecule has 1 heterocycles. The van der Waals surface area contributed by atoms with Crippen LogP contribution in [0.3, 0.4) is 0 Å². The van der Waals surface area contributed by atoms with Crippen molar-refractivity contribution >= 4 is 23.5 Å². The minimum absolute atomic E-state index is 0.176. The van der Waals surface area contributed by atoms with E-state index in [1.165, 1.54) is 10.5 Å². The summed E-state index contributed by atoms with van der Waals surface area (Å²) >= 11 is 0. The maximum Gasteiger partial charge on any atom is 0.319 e. The SMILES string of the molecule is CCc1ccc(C(C)NC(=O)Nc2ccc3c(c2)C(=O)N(CCCOC)C3=O)cc1. The summed E-state index contributed by atoms with van der Waals surface area (Å²) in [5.74, 6) is -0.661. The van der Waals surface area contributed by atoms with Crippen molar-refractivity contribution in [1.29, 1.82) is 0 Å². The number of urea groups is 1. The molecule has 7 nitrogen and oxygen atoms in total. The lowest BCUT2D eigenvalue weighted by atomic mass is 10.1. The number of imide groups is 1. The first-order chi connectivity index (χ1) is 14.4. The Labute approximate surface area is 176 Å². The first-order valence-electron chi connectivity index (χ1n) is 10.1. The summed E-state index contributed by atoms with van der Waals surface area (Å²) in [5, 5.41) is 5.63. The third-order valence-corrected chi connectivity index (χ3v) is 5.19. The van der Waals surface area contributed by atoms with Crippen molar-refractivity contribution in [3.63, 3.8) is 0 Å². The summed E-state index contributed by atoms with van der Waals surface area (Å²) in [6, 6.07) is 12.3. The number of methoxy groups -OCH3 is 1. The van der Waals surface area contributed by atoms with Crippen LogP contribution in [0.2, 0.25) is 0 Å². The highest BCUT2D eigenvalue weighted by Crippen LogP contribution is 2.26. The van der Waals surface area contributed by atoms with Gasteiger partial charge >= 0.3 is 6.03 Å². The molecular formula is C23H27N3O4. The van der Waals surface area contributed by atoms with Crippen molar-refractivity contribution in [2.45, 2.75) is 32.7 Å². The Morgan fingerprint density at radius 1 is 1.07 bits per heavy atom. The first kappa shape index (κ1) is 21.5. The van der Waals surface area contributed by atoms with Crippen LogP contribution in [0.25, 0.3) is 0 Å². The third-order valence-electron chi connectivity index (χ3n) is 5.19. The Morgan fingerprint density at radius 2 is 1.77 bits per heavy atom. The van der Waals surface area contributed by atoms with E-state index in [4.69, 9.17) is 4.74 Å². The zero-order valence-electron chi connectivity index (χ0n) is 17.5. The second-order valence-electron chi connectivity index (χ2n) is 7.28. The van der Waals surface area contributed by atoms with Gasteiger partial charge in [0.05, 0.1) is 17.2 Å². The van der Waals surface area contributed by atoms with E-state index >= 15 is 0 Å². The van der Waals surface area contributed by atoms with Gasteiger partial charge in [0.1, 0.15) is 0 Å². The number of rotatable bonds is 8. The molecule has 7 heteroatoms. The molecule has 1 aliphatic rings. The fourth-order valence-corrected chi connectivity index (χ4v) is 3.43. The third kappa shape index (κ3) is 4.68. The predicted octanol–water partition coefficient (Wildman–Crippen LogP) is 3.76. The average molecular weight is 409 g/mol. The second-order valence-corrected chi connectivity index (χ2v) is 7.28. The maximum atomic E-state index is 12.6. The lowest BCUT2D eigenvalue weighted by Gasteiger charge is -2.15. The zero-order chi connectivity index (χ0) is 21.7. The number of carbonyl (C=O) groups is 3. The average Bonchev–Trinajstić information content (AvgIpc) is 2.98. The predicted molar refractivity (Wildman–Crippen MR) is 115 cm³/mol. The molecule has 0 saturated heterocycles. The first-order valence-corrected chi connectivity index (χ1v) is 10.1. The highest BCUT2D eigenvalue weighted by atomic mass is 16.5. The normalized spacial score (nSPS) is 13.9. The highest BCUT2D eigenvalue weighted by molar-refractivity contribution is 6.21. The van der Waals surface area contributed by atoms with Crippen LogP contribution in [0.4, 0.5) is 10.5 Å². The molecule has 0 aliphatic carbocycles. The van der Waals surface area contributed by atoms with Crippen molar-refractivity contribution in [3.05, 3.63) is 64.7 Å². The van der Waals surface area contributed by atoms with Crippen molar-refractivity contribution in [3.8, 4) is 0 Å². The molecule has 1 aliphatic heterocycles. The van der Waals surface area contributed by atoms with Gasteiger partial charge < -0.3 is 15.4 Å². The number of fused-ring (bicyclic) bond motifs is 1. The van der Waals surface area contributed by atoms with Gasteiger partial charge in [0.15, 0.2) is 0 Å². The van der Waals surface area contributed by atoms with Gasteiger partial charge in [-0.1, -0.05) is 31.2 Å². The van der Waals surface area contributed by atoms with E-state index in [1.54, 1.807) is 25.3 Å². The van der Waals surface area contributed by atoms with Gasteiger partial charge in [-0.2, -0.15) is 0 Å². The summed E-state index contributed by atoms with van der Waals surface area (Å²) in [5.41, 5.74) is 3.36. The number of ether oxygens (including phenoxy) is 1. The number of amides is 4. The van der Waals surface area contributed by atoms with Crippen molar-refractivity contribution < 1.29 is 19.1 Å². The van der Waals surface area contributed by atoms with Crippen LogP contribution in [0.15, 0.2) is 42.5 Å². The summed E-state index contributed by atoms with van der Waals surface area (Å²) in [7, 11) is 1.58. The quantitative estimate of drug-likeness (QED) is 0.513. The molecule has 30 heavy (non-hydrogen) atoms. The van der Waals surface area contributed by atoms with Gasteiger partial charge in [0.25, 0.3) is 11.8 Å². The summed E-state index contributed by atoms with van der Waals surface area (Å²) in [6.07, 6.45) is 1.54. The molecule has 0 spiro atoms. The van der Waals surface area contributed by atoms with E-state index < -0.39 is 0 Å². The molecule has 2 aromatic carbocycles.